The zero-order valence-electron chi connectivity index (χ0n) is 29.0. The minimum absolute atomic E-state index is 0.261. The van der Waals surface area contributed by atoms with E-state index >= 15 is 0 Å². The number of halogens is 3. The van der Waals surface area contributed by atoms with E-state index in [0.29, 0.717) is 55.5 Å². The normalized spacial score (nSPS) is 13.7. The molecular formula is C38H38ClF2N5O4S2. The first kappa shape index (κ1) is 37.5. The molecule has 272 valence electrons. The van der Waals surface area contributed by atoms with E-state index in [4.69, 9.17) is 26.3 Å². The molecule has 0 spiro atoms. The Balaban J connectivity index is 1.28. The molecule has 5 aromatic rings. The van der Waals surface area contributed by atoms with Crippen LogP contribution in [0.1, 0.15) is 54.5 Å². The SMILES string of the molecule is CC(C)(C)S(=O)(=O)Cc1nc(-c2cccc(CC(=O)c3c(F)cccc3F)c2)c(-c2ccnc(Nc3ccc(OCCN4CCCC4)c(Cl)c3)n2)s1. The minimum atomic E-state index is -3.59. The number of nitrogens with one attached hydrogen (secondary N) is 1. The summed E-state index contributed by atoms with van der Waals surface area (Å²) in [6.45, 7) is 8.47. The van der Waals surface area contributed by atoms with E-state index in [2.05, 4.69) is 15.2 Å². The van der Waals surface area contributed by atoms with Crippen LogP contribution in [0.25, 0.3) is 21.8 Å². The van der Waals surface area contributed by atoms with E-state index in [0.717, 1.165) is 31.8 Å². The summed E-state index contributed by atoms with van der Waals surface area (Å²) < 4.78 is 60.1. The van der Waals surface area contributed by atoms with Gasteiger partial charge in [0.05, 0.1) is 31.6 Å². The van der Waals surface area contributed by atoms with Crippen molar-refractivity contribution in [2.24, 2.45) is 0 Å². The third kappa shape index (κ3) is 8.83. The molecule has 9 nitrogen and oxygen atoms in total. The van der Waals surface area contributed by atoms with Gasteiger partial charge in [-0.25, -0.2) is 32.2 Å². The van der Waals surface area contributed by atoms with Crippen molar-refractivity contribution in [1.29, 1.82) is 0 Å². The van der Waals surface area contributed by atoms with E-state index in [1.807, 2.05) is 6.07 Å². The lowest BCUT2D eigenvalue weighted by Crippen LogP contribution is -2.29. The summed E-state index contributed by atoms with van der Waals surface area (Å²) in [7, 11) is -3.59. The second kappa shape index (κ2) is 15.7. The van der Waals surface area contributed by atoms with Crippen LogP contribution in [-0.2, 0) is 22.0 Å². The number of sulfone groups is 1. The molecule has 0 radical (unpaired) electrons. The molecule has 1 aliphatic rings. The Hall–Kier alpha value is -4.30. The van der Waals surface area contributed by atoms with Gasteiger partial charge in [-0.05, 0) is 94.7 Å². The van der Waals surface area contributed by atoms with Gasteiger partial charge in [0, 0.05) is 30.4 Å². The molecule has 3 heterocycles. The van der Waals surface area contributed by atoms with Gasteiger partial charge in [0.25, 0.3) is 0 Å². The fourth-order valence-electron chi connectivity index (χ4n) is 5.70. The predicted octanol–water partition coefficient (Wildman–Crippen LogP) is 8.56. The Labute approximate surface area is 311 Å². The first-order chi connectivity index (χ1) is 24.8. The fraction of sp³-hybridized carbons (Fsp3) is 0.316. The first-order valence-corrected chi connectivity index (χ1v) is 19.7. The minimum Gasteiger partial charge on any atom is -0.491 e. The van der Waals surface area contributed by atoms with E-state index in [1.165, 1.54) is 30.2 Å². The van der Waals surface area contributed by atoms with Crippen LogP contribution in [0.5, 0.6) is 5.75 Å². The van der Waals surface area contributed by atoms with Crippen molar-refractivity contribution in [1.82, 2.24) is 19.9 Å². The number of thiazole rings is 1. The molecule has 14 heteroatoms. The molecule has 0 bridgehead atoms. The summed E-state index contributed by atoms with van der Waals surface area (Å²) in [6, 6.07) is 17.2. The number of rotatable bonds is 13. The maximum Gasteiger partial charge on any atom is 0.227 e. The molecule has 52 heavy (non-hydrogen) atoms. The summed E-state index contributed by atoms with van der Waals surface area (Å²) in [5.41, 5.74) is 2.03. The van der Waals surface area contributed by atoms with Gasteiger partial charge in [-0.1, -0.05) is 35.9 Å². The lowest BCUT2D eigenvalue weighted by atomic mass is 9.99. The number of carbonyl (C=O) groups is 1. The van der Waals surface area contributed by atoms with Gasteiger partial charge in [-0.3, -0.25) is 9.69 Å². The van der Waals surface area contributed by atoms with Crippen LogP contribution in [0.4, 0.5) is 20.4 Å². The number of ether oxygens (including phenoxy) is 1. The molecule has 6 rings (SSSR count). The Bertz CT molecular complexity index is 2180. The van der Waals surface area contributed by atoms with E-state index in [9.17, 15) is 22.0 Å². The van der Waals surface area contributed by atoms with Gasteiger partial charge in [-0.15, -0.1) is 11.3 Å². The topological polar surface area (TPSA) is 114 Å². The average molecular weight is 766 g/mol. The molecule has 0 atom stereocenters. The van der Waals surface area contributed by atoms with Gasteiger partial charge in [0.1, 0.15) is 34.8 Å². The van der Waals surface area contributed by atoms with E-state index in [1.54, 1.807) is 69.4 Å². The van der Waals surface area contributed by atoms with Crippen molar-refractivity contribution in [3.63, 3.8) is 0 Å². The highest BCUT2D eigenvalue weighted by atomic mass is 35.5. The highest BCUT2D eigenvalue weighted by Gasteiger charge is 2.31. The maximum absolute atomic E-state index is 14.4. The maximum atomic E-state index is 14.4. The number of carbonyl (C=O) groups excluding carboxylic acids is 1. The molecule has 1 saturated heterocycles. The third-order valence-corrected chi connectivity index (χ3v) is 12.7. The quantitative estimate of drug-likeness (QED) is 0.118. The molecule has 2 aromatic heterocycles. The Morgan fingerprint density at radius 3 is 2.44 bits per heavy atom. The smallest absolute Gasteiger partial charge is 0.227 e. The second-order valence-electron chi connectivity index (χ2n) is 13.5. The van der Waals surface area contributed by atoms with Crippen molar-refractivity contribution in [3.05, 3.63) is 106 Å². The van der Waals surface area contributed by atoms with E-state index < -0.39 is 37.6 Å². The highest BCUT2D eigenvalue weighted by molar-refractivity contribution is 7.92. The van der Waals surface area contributed by atoms with Crippen LogP contribution in [0.15, 0.2) is 72.9 Å². The standard InChI is InChI=1S/C38H38ClF2N5O4S2/c1-38(2,3)52(48,49)23-33-45-35(25-9-6-8-24(20-25)21-31(47)34-28(40)10-7-11-29(34)41)36(51-33)30-14-15-42-37(44-30)43-26-12-13-32(27(39)22-26)50-19-18-46-16-4-5-17-46/h6-15,20,22H,4-5,16-19,21,23H2,1-3H3,(H,42,43,44). The molecule has 1 N–H and O–H groups in total. The van der Waals surface area contributed by atoms with Crippen molar-refractivity contribution in [2.75, 3.05) is 31.6 Å². The Morgan fingerprint density at radius 1 is 1.00 bits per heavy atom. The van der Waals surface area contributed by atoms with Crippen molar-refractivity contribution in [3.8, 4) is 27.6 Å². The molecule has 0 unspecified atom stereocenters. The van der Waals surface area contributed by atoms with Gasteiger partial charge < -0.3 is 10.1 Å². The zero-order valence-corrected chi connectivity index (χ0v) is 31.3. The predicted molar refractivity (Wildman–Crippen MR) is 201 cm³/mol. The van der Waals surface area contributed by atoms with Crippen LogP contribution < -0.4 is 10.1 Å². The number of likely N-dealkylation sites (tertiary alicyclic amines) is 1. The van der Waals surface area contributed by atoms with Gasteiger partial charge >= 0.3 is 0 Å². The molecule has 0 amide bonds. The summed E-state index contributed by atoms with van der Waals surface area (Å²) in [5, 5.41) is 3.98. The number of hydrogen-bond acceptors (Lipinski definition) is 10. The van der Waals surface area contributed by atoms with Crippen LogP contribution in [-0.4, -0.2) is 65.0 Å². The molecular weight excluding hydrogens is 728 g/mol. The van der Waals surface area contributed by atoms with Crippen LogP contribution in [0, 0.1) is 11.6 Å². The monoisotopic (exact) mass is 765 g/mol. The van der Waals surface area contributed by atoms with Crippen molar-refractivity contribution in [2.45, 2.75) is 50.5 Å². The number of nitrogens with zero attached hydrogens (tertiary/aromatic N) is 4. The number of benzene rings is 3. The Kier molecular flexibility index (Phi) is 11.3. The largest absolute Gasteiger partial charge is 0.491 e. The lowest BCUT2D eigenvalue weighted by molar-refractivity contribution is 0.0985. The number of Topliss-reactive ketones (excluding diaryl/α,β-unsaturated/α-hetero) is 1. The third-order valence-electron chi connectivity index (χ3n) is 8.66. The fourth-order valence-corrected chi connectivity index (χ4v) is 8.31. The number of anilines is 2. The highest BCUT2D eigenvalue weighted by Crippen LogP contribution is 2.38. The van der Waals surface area contributed by atoms with Crippen molar-refractivity contribution >= 4 is 50.2 Å². The average Bonchev–Trinajstić information content (AvgIpc) is 3.76. The molecule has 0 saturated carbocycles. The van der Waals surface area contributed by atoms with Crippen LogP contribution in [0.3, 0.4) is 0 Å². The number of hydrogen-bond donors (Lipinski definition) is 1. The van der Waals surface area contributed by atoms with Gasteiger partial charge in [-0.2, -0.15) is 0 Å². The van der Waals surface area contributed by atoms with Gasteiger partial charge in [0.15, 0.2) is 15.6 Å². The van der Waals surface area contributed by atoms with Gasteiger partial charge in [0.2, 0.25) is 5.95 Å². The first-order valence-electron chi connectivity index (χ1n) is 16.8. The number of ketones is 1. The zero-order chi connectivity index (χ0) is 37.0. The van der Waals surface area contributed by atoms with Crippen LogP contribution >= 0.6 is 22.9 Å². The van der Waals surface area contributed by atoms with Crippen molar-refractivity contribution < 1.29 is 26.7 Å². The summed E-state index contributed by atoms with van der Waals surface area (Å²) in [6.07, 6.45) is 3.75. The molecule has 1 fully saturated rings. The summed E-state index contributed by atoms with van der Waals surface area (Å²) >= 11 is 7.75. The summed E-state index contributed by atoms with van der Waals surface area (Å²) in [4.78, 5) is 29.8. The molecule has 3 aromatic carbocycles. The molecule has 1 aliphatic heterocycles. The molecule has 0 aliphatic carbocycles. The van der Waals surface area contributed by atoms with E-state index in [-0.39, 0.29) is 18.1 Å². The lowest BCUT2D eigenvalue weighted by Gasteiger charge is -2.17. The Morgan fingerprint density at radius 2 is 1.73 bits per heavy atom. The number of aromatic nitrogens is 3. The summed E-state index contributed by atoms with van der Waals surface area (Å²) in [5.74, 6) is -2.01. The van der Waals surface area contributed by atoms with Crippen LogP contribution in [0.2, 0.25) is 5.02 Å². The second-order valence-corrected chi connectivity index (χ2v) is 17.7.